The molecule has 0 bridgehead atoms. The average molecular weight is 121 g/mol. The van der Waals surface area contributed by atoms with Gasteiger partial charge in [0.1, 0.15) is 0 Å². The molecule has 0 aliphatic carbocycles. The molecule has 0 radical (unpaired) electrons. The first-order valence-electron chi connectivity index (χ1n) is 1.36. The van der Waals surface area contributed by atoms with E-state index in [1.54, 1.807) is 0 Å². The molecule has 0 saturated heterocycles. The SMILES string of the molecule is O=C(S)C(=O)NO. The minimum Gasteiger partial charge on any atom is -0.288 e. The molecule has 1 amide bonds. The van der Waals surface area contributed by atoms with Gasteiger partial charge in [0.25, 0.3) is 5.12 Å². The molecule has 4 nitrogen and oxygen atoms in total. The first-order chi connectivity index (χ1) is 3.18. The fourth-order valence-corrected chi connectivity index (χ4v) is 0.0978. The zero-order chi connectivity index (χ0) is 5.86. The summed E-state index contributed by atoms with van der Waals surface area (Å²) >= 11 is 3.06. The van der Waals surface area contributed by atoms with E-state index < -0.39 is 11.0 Å². The first kappa shape index (κ1) is 6.45. The molecule has 0 atom stereocenters. The van der Waals surface area contributed by atoms with E-state index in [4.69, 9.17) is 5.21 Å². The molecule has 0 aliphatic heterocycles. The van der Waals surface area contributed by atoms with Crippen LogP contribution in [0.3, 0.4) is 0 Å². The molecule has 0 rings (SSSR count). The van der Waals surface area contributed by atoms with Gasteiger partial charge in [0.05, 0.1) is 0 Å². The number of nitrogens with one attached hydrogen (secondary N) is 1. The smallest absolute Gasteiger partial charge is 0.288 e. The summed E-state index contributed by atoms with van der Waals surface area (Å²) in [6.07, 6.45) is 0. The van der Waals surface area contributed by atoms with Gasteiger partial charge in [-0.15, -0.1) is 0 Å². The van der Waals surface area contributed by atoms with Gasteiger partial charge in [-0.1, -0.05) is 12.6 Å². The second-order valence-corrected chi connectivity index (χ2v) is 1.15. The van der Waals surface area contributed by atoms with Crippen molar-refractivity contribution in [2.75, 3.05) is 0 Å². The van der Waals surface area contributed by atoms with E-state index in [0.717, 1.165) is 5.48 Å². The lowest BCUT2D eigenvalue weighted by Gasteiger charge is -1.84. The molecule has 0 aromatic rings. The number of thiol groups is 1. The molecular formula is C2H3NO3S. The summed E-state index contributed by atoms with van der Waals surface area (Å²) in [4.78, 5) is 19.4. The molecule has 0 aromatic carbocycles. The van der Waals surface area contributed by atoms with Gasteiger partial charge in [-0.25, -0.2) is 5.48 Å². The molecule has 0 aromatic heterocycles. The molecule has 0 heterocycles. The van der Waals surface area contributed by atoms with Crippen molar-refractivity contribution >= 4 is 23.7 Å². The predicted octanol–water partition coefficient (Wildman–Crippen LogP) is -1.05. The minimum atomic E-state index is -1.12. The maximum absolute atomic E-state index is 9.72. The maximum atomic E-state index is 9.72. The zero-order valence-electron chi connectivity index (χ0n) is 3.21. The minimum absolute atomic E-state index is 1.01. The summed E-state index contributed by atoms with van der Waals surface area (Å²) in [6.45, 7) is 0. The van der Waals surface area contributed by atoms with Gasteiger partial charge >= 0.3 is 5.91 Å². The molecular weight excluding hydrogens is 118 g/mol. The first-order valence-corrected chi connectivity index (χ1v) is 1.80. The summed E-state index contributed by atoms with van der Waals surface area (Å²) < 4.78 is 0. The van der Waals surface area contributed by atoms with Crippen molar-refractivity contribution in [1.82, 2.24) is 5.48 Å². The normalized spacial score (nSPS) is 7.71. The van der Waals surface area contributed by atoms with Crippen LogP contribution in [0, 0.1) is 0 Å². The molecule has 40 valence electrons. The largest absolute Gasteiger partial charge is 0.321 e. The highest BCUT2D eigenvalue weighted by Crippen LogP contribution is 1.73. The Hall–Kier alpha value is -0.550. The van der Waals surface area contributed by atoms with Crippen LogP contribution in [0.15, 0.2) is 0 Å². The molecule has 0 spiro atoms. The summed E-state index contributed by atoms with van der Waals surface area (Å²) in [5.74, 6) is -1.12. The van der Waals surface area contributed by atoms with Crippen LogP contribution in [0.5, 0.6) is 0 Å². The molecule has 0 aliphatic rings. The van der Waals surface area contributed by atoms with Crippen LogP contribution in [0.4, 0.5) is 0 Å². The van der Waals surface area contributed by atoms with E-state index in [1.807, 2.05) is 0 Å². The topological polar surface area (TPSA) is 66.4 Å². The van der Waals surface area contributed by atoms with Crippen molar-refractivity contribution < 1.29 is 14.8 Å². The number of amides is 1. The third-order valence-corrected chi connectivity index (χ3v) is 0.499. The van der Waals surface area contributed by atoms with Gasteiger partial charge in [0.15, 0.2) is 0 Å². The van der Waals surface area contributed by atoms with Crippen molar-refractivity contribution in [2.24, 2.45) is 0 Å². The number of hydrogen-bond acceptors (Lipinski definition) is 3. The van der Waals surface area contributed by atoms with Gasteiger partial charge in [-0.3, -0.25) is 14.8 Å². The summed E-state index contributed by atoms with van der Waals surface area (Å²) in [6, 6.07) is 0. The summed E-state index contributed by atoms with van der Waals surface area (Å²) in [5, 5.41) is 6.62. The number of rotatable bonds is 1. The standard InChI is InChI=1S/C2H3NO3S/c4-1(3-6)2(5)7/h6H,(H,3,4)(H,5,7). The Bertz CT molecular complexity index is 101. The van der Waals surface area contributed by atoms with Gasteiger partial charge in [0, 0.05) is 0 Å². The van der Waals surface area contributed by atoms with Crippen molar-refractivity contribution in [3.05, 3.63) is 0 Å². The number of carbonyl (C=O) groups excluding carboxylic acids is 2. The molecule has 0 fully saturated rings. The van der Waals surface area contributed by atoms with E-state index in [9.17, 15) is 9.59 Å². The van der Waals surface area contributed by atoms with Crippen molar-refractivity contribution in [3.63, 3.8) is 0 Å². The van der Waals surface area contributed by atoms with E-state index in [0.29, 0.717) is 0 Å². The fourth-order valence-electron chi connectivity index (χ4n) is 0.0478. The van der Waals surface area contributed by atoms with Crippen LogP contribution in [0.2, 0.25) is 0 Å². The van der Waals surface area contributed by atoms with Crippen LogP contribution in [-0.4, -0.2) is 16.2 Å². The number of carbonyl (C=O) groups is 2. The number of hydroxylamine groups is 1. The maximum Gasteiger partial charge on any atom is 0.321 e. The van der Waals surface area contributed by atoms with Crippen LogP contribution in [-0.2, 0) is 9.59 Å². The predicted molar refractivity (Wildman–Crippen MR) is 23.9 cm³/mol. The van der Waals surface area contributed by atoms with Crippen LogP contribution < -0.4 is 5.48 Å². The van der Waals surface area contributed by atoms with E-state index in [-0.39, 0.29) is 0 Å². The monoisotopic (exact) mass is 121 g/mol. The van der Waals surface area contributed by atoms with Crippen molar-refractivity contribution in [1.29, 1.82) is 0 Å². The Labute approximate surface area is 44.9 Å². The molecule has 7 heavy (non-hydrogen) atoms. The fraction of sp³-hybridized carbons (Fsp3) is 0. The third kappa shape index (κ3) is 2.18. The second kappa shape index (κ2) is 2.59. The second-order valence-electron chi connectivity index (χ2n) is 0.746. The molecule has 5 heteroatoms. The Kier molecular flexibility index (Phi) is 2.39. The lowest BCUT2D eigenvalue weighted by Crippen LogP contribution is -2.23. The van der Waals surface area contributed by atoms with Gasteiger partial charge in [-0.2, -0.15) is 0 Å². The Balaban J connectivity index is 3.58. The highest BCUT2D eigenvalue weighted by molar-refractivity contribution is 7.98. The third-order valence-electron chi connectivity index (χ3n) is 0.296. The lowest BCUT2D eigenvalue weighted by atomic mass is 10.7. The Morgan fingerprint density at radius 2 is 2.00 bits per heavy atom. The van der Waals surface area contributed by atoms with Gasteiger partial charge < -0.3 is 0 Å². The van der Waals surface area contributed by atoms with Gasteiger partial charge in [0.2, 0.25) is 0 Å². The highest BCUT2D eigenvalue weighted by Gasteiger charge is 2.03. The Morgan fingerprint density at radius 1 is 1.57 bits per heavy atom. The van der Waals surface area contributed by atoms with Crippen LogP contribution in [0.1, 0.15) is 0 Å². The lowest BCUT2D eigenvalue weighted by molar-refractivity contribution is -0.138. The van der Waals surface area contributed by atoms with E-state index >= 15 is 0 Å². The molecule has 0 saturated carbocycles. The van der Waals surface area contributed by atoms with E-state index in [1.165, 1.54) is 0 Å². The van der Waals surface area contributed by atoms with Crippen molar-refractivity contribution in [2.45, 2.75) is 0 Å². The molecule has 2 N–H and O–H groups in total. The van der Waals surface area contributed by atoms with Gasteiger partial charge in [-0.05, 0) is 0 Å². The Morgan fingerprint density at radius 3 is 2.00 bits per heavy atom. The quantitative estimate of drug-likeness (QED) is 0.179. The van der Waals surface area contributed by atoms with Crippen LogP contribution in [0.25, 0.3) is 0 Å². The average Bonchev–Trinajstić information content (AvgIpc) is 1.65. The molecule has 0 unspecified atom stereocenters. The summed E-state index contributed by atoms with van der Waals surface area (Å²) in [7, 11) is 0. The zero-order valence-corrected chi connectivity index (χ0v) is 4.11. The van der Waals surface area contributed by atoms with Crippen molar-refractivity contribution in [3.8, 4) is 0 Å². The summed E-state index contributed by atoms with van der Waals surface area (Å²) in [5.41, 5.74) is 1.10. The number of hydrogen-bond donors (Lipinski definition) is 3. The highest BCUT2D eigenvalue weighted by atomic mass is 32.1. The van der Waals surface area contributed by atoms with E-state index in [2.05, 4.69) is 12.6 Å². The van der Waals surface area contributed by atoms with Crippen LogP contribution >= 0.6 is 12.6 Å².